The molecule has 1 fully saturated rings. The molecule has 0 spiro atoms. The minimum Gasteiger partial charge on any atom is -0.393 e. The third-order valence-electron chi connectivity index (χ3n) is 1.31. The van der Waals surface area contributed by atoms with Crippen LogP contribution >= 0.6 is 0 Å². The lowest BCUT2D eigenvalue weighted by Crippen LogP contribution is -2.09. The van der Waals surface area contributed by atoms with E-state index in [1.165, 1.54) is 0 Å². The average Bonchev–Trinajstić information content (AvgIpc) is 2.34. The van der Waals surface area contributed by atoms with Gasteiger partial charge in [0.1, 0.15) is 6.10 Å². The maximum atomic E-state index is 5.07. The quantitative estimate of drug-likeness (QED) is 0.577. The zero-order chi connectivity index (χ0) is 7.40. The molecule has 3 heteroatoms. The lowest BCUT2D eigenvalue weighted by molar-refractivity contribution is 0.0855. The second-order valence-corrected chi connectivity index (χ2v) is 2.74. The number of hydrogen-bond donors (Lipinski definition) is 1. The van der Waals surface area contributed by atoms with Crippen molar-refractivity contribution in [3.8, 4) is 0 Å². The molecule has 10 heavy (non-hydrogen) atoms. The maximum absolute atomic E-state index is 5.07. The smallest absolute Gasteiger partial charge is 0.122 e. The summed E-state index contributed by atoms with van der Waals surface area (Å²) >= 11 is 0. The van der Waals surface area contributed by atoms with Gasteiger partial charge in [0.05, 0.1) is 5.71 Å². The van der Waals surface area contributed by atoms with Crippen LogP contribution in [0.3, 0.4) is 0 Å². The summed E-state index contributed by atoms with van der Waals surface area (Å²) in [6, 6.07) is 0. The normalized spacial score (nSPS) is 22.5. The first-order valence-electron chi connectivity index (χ1n) is 3.71. The van der Waals surface area contributed by atoms with E-state index in [0.717, 1.165) is 25.2 Å². The number of nitrogens with one attached hydrogen (secondary N) is 1. The molecular formula is C7H14N2O. The van der Waals surface area contributed by atoms with E-state index in [-0.39, 0.29) is 6.10 Å². The van der Waals surface area contributed by atoms with Crippen molar-refractivity contribution in [2.75, 3.05) is 13.1 Å². The fraction of sp³-hybridized carbons (Fsp3) is 0.857. The van der Waals surface area contributed by atoms with Gasteiger partial charge in [-0.3, -0.25) is 0 Å². The third-order valence-corrected chi connectivity index (χ3v) is 1.31. The standard InChI is InChI=1S/C7H14N2O/c1-6(2)10-9-7-3-4-8-5-7/h6,8H,3-5H2,1-2H3/b9-7-. The highest BCUT2D eigenvalue weighted by molar-refractivity contribution is 5.87. The van der Waals surface area contributed by atoms with Gasteiger partial charge in [0.25, 0.3) is 0 Å². The Hall–Kier alpha value is -0.570. The Morgan fingerprint density at radius 1 is 1.60 bits per heavy atom. The second-order valence-electron chi connectivity index (χ2n) is 2.74. The molecule has 1 N–H and O–H groups in total. The van der Waals surface area contributed by atoms with Crippen LogP contribution in [-0.4, -0.2) is 24.9 Å². The first-order valence-corrected chi connectivity index (χ1v) is 3.71. The molecule has 1 aliphatic heterocycles. The Morgan fingerprint density at radius 3 is 2.90 bits per heavy atom. The predicted octanol–water partition coefficient (Wildman–Crippen LogP) is 0.761. The van der Waals surface area contributed by atoms with Crippen LogP contribution in [0, 0.1) is 0 Å². The molecule has 0 unspecified atom stereocenters. The molecule has 1 rings (SSSR count). The monoisotopic (exact) mass is 142 g/mol. The molecule has 0 amide bonds. The maximum Gasteiger partial charge on any atom is 0.122 e. The summed E-state index contributed by atoms with van der Waals surface area (Å²) in [4.78, 5) is 5.07. The summed E-state index contributed by atoms with van der Waals surface area (Å²) in [5.74, 6) is 0. The minimum absolute atomic E-state index is 0.202. The van der Waals surface area contributed by atoms with Crippen LogP contribution in [0.1, 0.15) is 20.3 Å². The van der Waals surface area contributed by atoms with Gasteiger partial charge in [0, 0.05) is 19.5 Å². The molecule has 1 aliphatic rings. The Labute approximate surface area is 61.4 Å². The molecule has 1 heterocycles. The Kier molecular flexibility index (Phi) is 2.68. The van der Waals surface area contributed by atoms with Crippen molar-refractivity contribution in [2.24, 2.45) is 5.16 Å². The molecule has 0 radical (unpaired) electrons. The summed E-state index contributed by atoms with van der Waals surface area (Å²) in [6.45, 7) is 5.89. The van der Waals surface area contributed by atoms with Crippen LogP contribution in [0.5, 0.6) is 0 Å². The summed E-state index contributed by atoms with van der Waals surface area (Å²) in [6.07, 6.45) is 1.24. The molecule has 0 saturated carbocycles. The van der Waals surface area contributed by atoms with Gasteiger partial charge in [0.15, 0.2) is 0 Å². The molecule has 0 aliphatic carbocycles. The molecule has 58 valence electrons. The molecule has 0 aromatic heterocycles. The lowest BCUT2D eigenvalue weighted by atomic mass is 10.3. The van der Waals surface area contributed by atoms with Crippen molar-refractivity contribution in [1.82, 2.24) is 5.32 Å². The third kappa shape index (κ3) is 2.35. The van der Waals surface area contributed by atoms with Crippen molar-refractivity contribution in [2.45, 2.75) is 26.4 Å². The van der Waals surface area contributed by atoms with Crippen LogP contribution in [-0.2, 0) is 4.84 Å². The Morgan fingerprint density at radius 2 is 2.40 bits per heavy atom. The number of rotatable bonds is 2. The van der Waals surface area contributed by atoms with Crippen molar-refractivity contribution in [3.05, 3.63) is 0 Å². The van der Waals surface area contributed by atoms with E-state index in [2.05, 4.69) is 10.5 Å². The van der Waals surface area contributed by atoms with Gasteiger partial charge in [-0.15, -0.1) is 0 Å². The summed E-state index contributed by atoms with van der Waals surface area (Å²) in [7, 11) is 0. The van der Waals surface area contributed by atoms with E-state index >= 15 is 0 Å². The van der Waals surface area contributed by atoms with Gasteiger partial charge >= 0.3 is 0 Å². The zero-order valence-corrected chi connectivity index (χ0v) is 6.55. The van der Waals surface area contributed by atoms with Crippen molar-refractivity contribution >= 4 is 5.71 Å². The first kappa shape index (κ1) is 7.54. The Balaban J connectivity index is 2.25. The van der Waals surface area contributed by atoms with Crippen molar-refractivity contribution < 1.29 is 4.84 Å². The summed E-state index contributed by atoms with van der Waals surface area (Å²) < 4.78 is 0. The predicted molar refractivity (Wildman–Crippen MR) is 41.1 cm³/mol. The molecule has 0 bridgehead atoms. The zero-order valence-electron chi connectivity index (χ0n) is 6.55. The van der Waals surface area contributed by atoms with Crippen molar-refractivity contribution in [3.63, 3.8) is 0 Å². The average molecular weight is 142 g/mol. The van der Waals surface area contributed by atoms with E-state index in [9.17, 15) is 0 Å². The van der Waals surface area contributed by atoms with E-state index in [4.69, 9.17) is 4.84 Å². The number of hydrogen-bond acceptors (Lipinski definition) is 3. The minimum atomic E-state index is 0.202. The topological polar surface area (TPSA) is 33.6 Å². The summed E-state index contributed by atoms with van der Waals surface area (Å²) in [5, 5.41) is 7.16. The van der Waals surface area contributed by atoms with Gasteiger partial charge in [-0.25, -0.2) is 0 Å². The molecule has 0 aromatic rings. The SMILES string of the molecule is CC(C)O/N=C1/CCNC1. The van der Waals surface area contributed by atoms with Crippen LogP contribution in [0.15, 0.2) is 5.16 Å². The second kappa shape index (κ2) is 3.56. The summed E-state index contributed by atoms with van der Waals surface area (Å²) in [5.41, 5.74) is 1.13. The largest absolute Gasteiger partial charge is 0.393 e. The molecule has 3 nitrogen and oxygen atoms in total. The highest BCUT2D eigenvalue weighted by Crippen LogP contribution is 1.96. The van der Waals surface area contributed by atoms with E-state index in [0.29, 0.717) is 0 Å². The van der Waals surface area contributed by atoms with Crippen molar-refractivity contribution in [1.29, 1.82) is 0 Å². The molecule has 0 aromatic carbocycles. The van der Waals surface area contributed by atoms with Crippen LogP contribution in [0.4, 0.5) is 0 Å². The Bertz CT molecular complexity index is 124. The number of oxime groups is 1. The van der Waals surface area contributed by atoms with E-state index in [1.54, 1.807) is 0 Å². The van der Waals surface area contributed by atoms with Gasteiger partial charge in [-0.1, -0.05) is 5.16 Å². The molecule has 0 atom stereocenters. The number of nitrogens with zero attached hydrogens (tertiary/aromatic N) is 1. The molecule has 1 saturated heterocycles. The van der Waals surface area contributed by atoms with Gasteiger partial charge in [-0.05, 0) is 13.8 Å². The van der Waals surface area contributed by atoms with Gasteiger partial charge in [-0.2, -0.15) is 0 Å². The van der Waals surface area contributed by atoms with E-state index in [1.807, 2.05) is 13.8 Å². The van der Waals surface area contributed by atoms with Crippen LogP contribution < -0.4 is 5.32 Å². The highest BCUT2D eigenvalue weighted by atomic mass is 16.6. The fourth-order valence-corrected chi connectivity index (χ4v) is 0.812. The van der Waals surface area contributed by atoms with Crippen LogP contribution in [0.25, 0.3) is 0 Å². The highest BCUT2D eigenvalue weighted by Gasteiger charge is 2.07. The van der Waals surface area contributed by atoms with Gasteiger partial charge < -0.3 is 10.2 Å². The lowest BCUT2D eigenvalue weighted by Gasteiger charge is -2.01. The van der Waals surface area contributed by atoms with Crippen LogP contribution in [0.2, 0.25) is 0 Å². The van der Waals surface area contributed by atoms with E-state index < -0.39 is 0 Å². The fourth-order valence-electron chi connectivity index (χ4n) is 0.812. The van der Waals surface area contributed by atoms with Gasteiger partial charge in [0.2, 0.25) is 0 Å². The first-order chi connectivity index (χ1) is 4.79. The molecular weight excluding hydrogens is 128 g/mol.